The highest BCUT2D eigenvalue weighted by molar-refractivity contribution is 6.31. The predicted molar refractivity (Wildman–Crippen MR) is 73.3 cm³/mol. The Hall–Kier alpha value is -1.28. The number of fused-ring (bicyclic) bond motifs is 2. The monoisotopic (exact) mass is 265 g/mol. The van der Waals surface area contributed by atoms with Gasteiger partial charge in [0.2, 0.25) is 5.91 Å². The molecule has 3 rings (SSSR count). The predicted octanol–water partition coefficient (Wildman–Crippen LogP) is 3.24. The molecular weight excluding hydrogens is 246 g/mol. The van der Waals surface area contributed by atoms with Gasteiger partial charge in [-0.1, -0.05) is 17.6 Å². The number of carbonyl (C=O) groups excluding carboxylic acids is 1. The number of nitrogens with two attached hydrogens (primary N) is 1. The summed E-state index contributed by atoms with van der Waals surface area (Å²) in [6.07, 6.45) is -1.33. The molecule has 1 atom stereocenters. The van der Waals surface area contributed by atoms with Crippen LogP contribution in [0.15, 0.2) is 17.7 Å². The molecule has 1 unspecified atom stereocenters. The fourth-order valence-corrected chi connectivity index (χ4v) is 2.87. The van der Waals surface area contributed by atoms with E-state index in [-0.39, 0.29) is 12.8 Å². The van der Waals surface area contributed by atoms with E-state index in [4.69, 9.17) is 22.8 Å². The Bertz CT molecular complexity index is 744. The van der Waals surface area contributed by atoms with E-state index in [1.54, 1.807) is 13.0 Å². The van der Waals surface area contributed by atoms with Crippen molar-refractivity contribution < 1.29 is 10.3 Å². The number of halogens is 1. The van der Waals surface area contributed by atoms with E-state index < -0.39 is 18.2 Å². The molecule has 1 amide bonds. The van der Waals surface area contributed by atoms with Crippen LogP contribution in [0.5, 0.6) is 0 Å². The van der Waals surface area contributed by atoms with E-state index in [0.717, 1.165) is 11.1 Å². The Labute approximate surface area is 117 Å². The average molecular weight is 266 g/mol. The Balaban J connectivity index is 2.25. The molecule has 1 aromatic rings. The first-order valence-corrected chi connectivity index (χ1v) is 6.30. The van der Waals surface area contributed by atoms with Crippen LogP contribution in [0.2, 0.25) is 5.02 Å². The highest BCUT2D eigenvalue weighted by atomic mass is 35.5. The zero-order chi connectivity index (χ0) is 16.4. The first-order valence-electron chi connectivity index (χ1n) is 7.92. The maximum atomic E-state index is 11.9. The van der Waals surface area contributed by atoms with Crippen LogP contribution in [0.1, 0.15) is 41.4 Å². The standard InChI is InChI=1S/C15H16ClNO/c1-8-5-9-6-13-10(12(9)7-14(8)16)3-2-4-11(13)15(17)18/h5,7,11H,2-4,6H2,1H3,(H2,17,18)/i4D2,5D,11D. The number of amides is 1. The second-order valence-electron chi connectivity index (χ2n) is 4.68. The molecule has 0 bridgehead atoms. The van der Waals surface area contributed by atoms with Crippen LogP contribution in [-0.4, -0.2) is 5.91 Å². The summed E-state index contributed by atoms with van der Waals surface area (Å²) in [4.78, 5) is 11.9. The molecule has 2 N–H and O–H groups in total. The van der Waals surface area contributed by atoms with Crippen LogP contribution in [-0.2, 0) is 11.2 Å². The van der Waals surface area contributed by atoms with Crippen molar-refractivity contribution in [3.05, 3.63) is 39.4 Å². The molecule has 2 aliphatic carbocycles. The smallest absolute Gasteiger partial charge is 0.224 e. The normalized spacial score (nSPS) is 31.9. The van der Waals surface area contributed by atoms with E-state index >= 15 is 0 Å². The summed E-state index contributed by atoms with van der Waals surface area (Å²) < 4.78 is 32.8. The fourth-order valence-electron chi connectivity index (χ4n) is 2.71. The number of hydrogen-bond acceptors (Lipinski definition) is 1. The Kier molecular flexibility index (Phi) is 1.84. The molecule has 0 aromatic heterocycles. The summed E-state index contributed by atoms with van der Waals surface area (Å²) >= 11 is 6.16. The molecule has 2 aliphatic rings. The highest BCUT2D eigenvalue weighted by Gasteiger charge is 2.33. The molecule has 3 heteroatoms. The molecule has 0 saturated carbocycles. The van der Waals surface area contributed by atoms with Gasteiger partial charge in [-0.05, 0) is 66.5 Å². The maximum absolute atomic E-state index is 11.9. The van der Waals surface area contributed by atoms with Crippen molar-refractivity contribution in [2.24, 2.45) is 11.6 Å². The molecule has 0 saturated heterocycles. The number of rotatable bonds is 1. The van der Waals surface area contributed by atoms with E-state index in [0.29, 0.717) is 34.2 Å². The third-order valence-corrected chi connectivity index (χ3v) is 3.95. The van der Waals surface area contributed by atoms with Crippen LogP contribution in [0.4, 0.5) is 0 Å². The third-order valence-electron chi connectivity index (χ3n) is 3.56. The summed E-state index contributed by atoms with van der Waals surface area (Å²) in [6, 6.07) is 2.05. The van der Waals surface area contributed by atoms with Crippen molar-refractivity contribution in [3.63, 3.8) is 0 Å². The van der Waals surface area contributed by atoms with Gasteiger partial charge in [-0.2, -0.15) is 0 Å². The Morgan fingerprint density at radius 3 is 3.22 bits per heavy atom. The molecule has 2 nitrogen and oxygen atoms in total. The number of primary amides is 1. The molecule has 0 spiro atoms. The number of benzene rings is 1. The average Bonchev–Trinajstić information content (AvgIpc) is 2.80. The van der Waals surface area contributed by atoms with Gasteiger partial charge in [-0.25, -0.2) is 0 Å². The zero-order valence-electron chi connectivity index (χ0n) is 14.1. The van der Waals surface area contributed by atoms with Gasteiger partial charge < -0.3 is 5.73 Å². The maximum Gasteiger partial charge on any atom is 0.224 e. The molecule has 0 heterocycles. The molecule has 18 heavy (non-hydrogen) atoms. The van der Waals surface area contributed by atoms with Crippen LogP contribution in [0.3, 0.4) is 0 Å². The Morgan fingerprint density at radius 1 is 1.72 bits per heavy atom. The lowest BCUT2D eigenvalue weighted by atomic mass is 9.82. The first-order chi connectivity index (χ1) is 10.1. The van der Waals surface area contributed by atoms with Gasteiger partial charge in [0.25, 0.3) is 0 Å². The largest absolute Gasteiger partial charge is 0.369 e. The van der Waals surface area contributed by atoms with Crippen molar-refractivity contribution in [1.82, 2.24) is 0 Å². The number of hydrogen-bond donors (Lipinski definition) is 1. The quantitative estimate of drug-likeness (QED) is 0.832. The minimum atomic E-state index is -2.09. The van der Waals surface area contributed by atoms with Gasteiger partial charge >= 0.3 is 0 Å². The fraction of sp³-hybridized carbons (Fsp3) is 0.400. The zero-order valence-corrected chi connectivity index (χ0v) is 10.8. The summed E-state index contributed by atoms with van der Waals surface area (Å²) in [5, 5.41) is 0.473. The van der Waals surface area contributed by atoms with Gasteiger partial charge in [0.05, 0.1) is 7.26 Å². The van der Waals surface area contributed by atoms with Crippen molar-refractivity contribution in [1.29, 1.82) is 0 Å². The van der Waals surface area contributed by atoms with Crippen LogP contribution >= 0.6 is 11.6 Å². The number of allylic oxidation sites excluding steroid dienone is 1. The topological polar surface area (TPSA) is 43.1 Å². The van der Waals surface area contributed by atoms with Crippen molar-refractivity contribution in [2.75, 3.05) is 0 Å². The highest BCUT2D eigenvalue weighted by Crippen LogP contribution is 2.45. The van der Waals surface area contributed by atoms with Crippen LogP contribution < -0.4 is 5.73 Å². The third kappa shape index (κ3) is 1.67. The summed E-state index contributed by atoms with van der Waals surface area (Å²) in [5.74, 6) is -3.07. The van der Waals surface area contributed by atoms with E-state index in [2.05, 4.69) is 0 Å². The summed E-state index contributed by atoms with van der Waals surface area (Å²) in [7, 11) is 0. The molecule has 0 fully saturated rings. The lowest BCUT2D eigenvalue weighted by Crippen LogP contribution is -2.27. The molecular formula is C15H16ClNO. The molecule has 0 radical (unpaired) electrons. The minimum absolute atomic E-state index is 0.0521. The van der Waals surface area contributed by atoms with Crippen LogP contribution in [0.25, 0.3) is 5.57 Å². The second kappa shape index (κ2) is 4.13. The van der Waals surface area contributed by atoms with Gasteiger partial charge in [-0.15, -0.1) is 0 Å². The summed E-state index contributed by atoms with van der Waals surface area (Å²) in [6.45, 7) is 1.75. The van der Waals surface area contributed by atoms with Gasteiger partial charge in [-0.3, -0.25) is 4.79 Å². The van der Waals surface area contributed by atoms with E-state index in [1.807, 2.05) is 0 Å². The van der Waals surface area contributed by atoms with Crippen LogP contribution in [0, 0.1) is 12.8 Å². The minimum Gasteiger partial charge on any atom is -0.369 e. The molecule has 0 aliphatic heterocycles. The second-order valence-corrected chi connectivity index (χ2v) is 5.09. The van der Waals surface area contributed by atoms with Crippen molar-refractivity contribution >= 4 is 23.1 Å². The van der Waals surface area contributed by atoms with Gasteiger partial charge in [0.15, 0.2) is 0 Å². The molecule has 94 valence electrons. The lowest BCUT2D eigenvalue weighted by Gasteiger charge is -2.22. The van der Waals surface area contributed by atoms with E-state index in [1.165, 1.54) is 0 Å². The van der Waals surface area contributed by atoms with Crippen molar-refractivity contribution in [2.45, 2.75) is 32.6 Å². The van der Waals surface area contributed by atoms with Crippen molar-refractivity contribution in [3.8, 4) is 0 Å². The summed E-state index contributed by atoms with van der Waals surface area (Å²) in [5.41, 5.74) is 8.67. The first kappa shape index (κ1) is 8.00. The molecule has 1 aromatic carbocycles. The number of carbonyl (C=O) groups is 1. The SMILES string of the molecule is [2H]c1c(C)c(Cl)cc2c1CC1=C2CCC([2H])([2H])C1([2H])C(N)=O. The van der Waals surface area contributed by atoms with Gasteiger partial charge in [0.1, 0.15) is 0 Å². The lowest BCUT2D eigenvalue weighted by molar-refractivity contribution is -0.121. The Morgan fingerprint density at radius 2 is 2.50 bits per heavy atom. The van der Waals surface area contributed by atoms with E-state index in [9.17, 15) is 4.79 Å². The van der Waals surface area contributed by atoms with Gasteiger partial charge in [0, 0.05) is 9.13 Å².